The van der Waals surface area contributed by atoms with Crippen LogP contribution in [0, 0.1) is 0 Å². The average molecular weight is 308 g/mol. The van der Waals surface area contributed by atoms with Crippen molar-refractivity contribution in [3.63, 3.8) is 0 Å². The van der Waals surface area contributed by atoms with Crippen LogP contribution < -0.4 is 0 Å². The molecule has 0 bridgehead atoms. The lowest BCUT2D eigenvalue weighted by Gasteiger charge is -2.05. The highest BCUT2D eigenvalue weighted by atomic mass is 35.5. The zero-order valence-corrected chi connectivity index (χ0v) is 11.4. The molecule has 2 heterocycles. The zero-order chi connectivity index (χ0) is 12.4. The summed E-state index contributed by atoms with van der Waals surface area (Å²) in [6.45, 7) is 0. The predicted molar refractivity (Wildman–Crippen MR) is 71.3 cm³/mol. The molecule has 0 radical (unpaired) electrons. The molecule has 17 heavy (non-hydrogen) atoms. The summed E-state index contributed by atoms with van der Waals surface area (Å²) in [6, 6.07) is 3.27. The molecule has 2 aromatic heterocycles. The number of pyridine rings is 2. The van der Waals surface area contributed by atoms with Crippen LogP contribution >= 0.6 is 46.4 Å². The van der Waals surface area contributed by atoms with Gasteiger partial charge >= 0.3 is 0 Å². The Morgan fingerprint density at radius 2 is 1.18 bits per heavy atom. The van der Waals surface area contributed by atoms with E-state index in [0.29, 0.717) is 37.9 Å². The maximum Gasteiger partial charge on any atom is 0.0650 e. The molecule has 0 amide bonds. The van der Waals surface area contributed by atoms with Crippen LogP contribution in [0.15, 0.2) is 24.5 Å². The van der Waals surface area contributed by atoms with E-state index < -0.39 is 0 Å². The van der Waals surface area contributed by atoms with Crippen LogP contribution in [0.4, 0.5) is 0 Å². The van der Waals surface area contributed by atoms with E-state index in [9.17, 15) is 0 Å². The van der Waals surface area contributed by atoms with Crippen LogP contribution in [0.5, 0.6) is 0 Å². The van der Waals surface area contributed by atoms with Crippen molar-refractivity contribution >= 4 is 46.4 Å². The summed E-state index contributed by atoms with van der Waals surface area (Å²) in [5, 5.41) is 1.97. The Bertz CT molecular complexity index is 508. The van der Waals surface area contributed by atoms with Gasteiger partial charge in [-0.15, -0.1) is 0 Å². The summed E-state index contributed by atoms with van der Waals surface area (Å²) in [4.78, 5) is 8.28. The number of aromatic nitrogens is 2. The Balaban J connectivity index is 2.31. The van der Waals surface area contributed by atoms with Crippen molar-refractivity contribution < 1.29 is 0 Å². The Morgan fingerprint density at radius 1 is 0.765 bits per heavy atom. The van der Waals surface area contributed by atoms with Crippen molar-refractivity contribution in [1.29, 1.82) is 0 Å². The second kappa shape index (κ2) is 5.40. The molecule has 2 nitrogen and oxygen atoms in total. The molecule has 0 aromatic carbocycles. The first kappa shape index (κ1) is 12.9. The van der Waals surface area contributed by atoms with Gasteiger partial charge in [0.1, 0.15) is 0 Å². The number of hydrogen-bond acceptors (Lipinski definition) is 2. The Labute approximate surface area is 119 Å². The molecule has 0 saturated carbocycles. The van der Waals surface area contributed by atoms with Crippen molar-refractivity contribution in [3.05, 3.63) is 56.0 Å². The molecule has 6 heteroatoms. The number of rotatable bonds is 2. The second-order valence-electron chi connectivity index (χ2n) is 3.34. The van der Waals surface area contributed by atoms with Crippen LogP contribution in [0.2, 0.25) is 20.1 Å². The molecule has 2 aromatic rings. The Hall–Kier alpha value is -0.540. The molecular formula is C11H6Cl4N2. The van der Waals surface area contributed by atoms with Crippen molar-refractivity contribution in [1.82, 2.24) is 9.97 Å². The quantitative estimate of drug-likeness (QED) is 0.805. The van der Waals surface area contributed by atoms with E-state index in [1.807, 2.05) is 0 Å². The van der Waals surface area contributed by atoms with Crippen LogP contribution in [0.1, 0.15) is 11.4 Å². The maximum absolute atomic E-state index is 6.02. The number of hydrogen-bond donors (Lipinski definition) is 0. The highest BCUT2D eigenvalue weighted by Crippen LogP contribution is 2.24. The van der Waals surface area contributed by atoms with Gasteiger partial charge in [0.2, 0.25) is 0 Å². The van der Waals surface area contributed by atoms with E-state index in [4.69, 9.17) is 46.4 Å². The molecule has 0 N–H and O–H groups in total. The summed E-state index contributed by atoms with van der Waals surface area (Å²) in [6.07, 6.45) is 3.51. The lowest BCUT2D eigenvalue weighted by molar-refractivity contribution is 1.01. The van der Waals surface area contributed by atoms with Gasteiger partial charge in [-0.3, -0.25) is 9.97 Å². The molecule has 0 unspecified atom stereocenters. The van der Waals surface area contributed by atoms with Crippen LogP contribution in [-0.4, -0.2) is 9.97 Å². The minimum Gasteiger partial charge on any atom is -0.258 e. The summed E-state index contributed by atoms with van der Waals surface area (Å²) >= 11 is 23.6. The number of nitrogens with zero attached hydrogens (tertiary/aromatic N) is 2. The third kappa shape index (κ3) is 3.23. The largest absolute Gasteiger partial charge is 0.258 e. The number of halogens is 4. The van der Waals surface area contributed by atoms with Gasteiger partial charge in [-0.25, -0.2) is 0 Å². The Kier molecular flexibility index (Phi) is 4.10. The smallest absolute Gasteiger partial charge is 0.0650 e. The van der Waals surface area contributed by atoms with E-state index in [0.717, 1.165) is 0 Å². The molecule has 88 valence electrons. The molecule has 0 aliphatic heterocycles. The van der Waals surface area contributed by atoms with Gasteiger partial charge in [-0.1, -0.05) is 46.4 Å². The molecule has 0 aliphatic rings. The minimum absolute atomic E-state index is 0.437. The third-order valence-electron chi connectivity index (χ3n) is 2.10. The van der Waals surface area contributed by atoms with Gasteiger partial charge in [0, 0.05) is 18.8 Å². The zero-order valence-electron chi connectivity index (χ0n) is 8.42. The minimum atomic E-state index is 0.437. The molecule has 0 fully saturated rings. The lowest BCUT2D eigenvalue weighted by Crippen LogP contribution is -1.97. The lowest BCUT2D eigenvalue weighted by atomic mass is 10.2. The van der Waals surface area contributed by atoms with Gasteiger partial charge in [-0.05, 0) is 12.1 Å². The van der Waals surface area contributed by atoms with Crippen molar-refractivity contribution in [2.45, 2.75) is 6.42 Å². The predicted octanol–water partition coefficient (Wildman–Crippen LogP) is 4.68. The molecule has 0 aliphatic carbocycles. The normalized spacial score (nSPS) is 10.6. The van der Waals surface area contributed by atoms with Crippen molar-refractivity contribution in [2.24, 2.45) is 0 Å². The highest BCUT2D eigenvalue weighted by molar-refractivity contribution is 6.35. The van der Waals surface area contributed by atoms with E-state index in [2.05, 4.69) is 9.97 Å². The van der Waals surface area contributed by atoms with Gasteiger partial charge in [-0.2, -0.15) is 0 Å². The van der Waals surface area contributed by atoms with Crippen molar-refractivity contribution in [3.8, 4) is 0 Å². The molecule has 2 rings (SSSR count). The van der Waals surface area contributed by atoms with E-state index in [1.165, 1.54) is 12.4 Å². The maximum atomic E-state index is 6.02. The van der Waals surface area contributed by atoms with Gasteiger partial charge in [0.25, 0.3) is 0 Å². The monoisotopic (exact) mass is 306 g/mol. The van der Waals surface area contributed by atoms with Crippen molar-refractivity contribution in [2.75, 3.05) is 0 Å². The van der Waals surface area contributed by atoms with Gasteiger partial charge < -0.3 is 0 Å². The van der Waals surface area contributed by atoms with Crippen LogP contribution in [0.3, 0.4) is 0 Å². The fourth-order valence-corrected chi connectivity index (χ4v) is 2.20. The standard InChI is InChI=1S/C11H6Cl4N2/c12-6-1-8(14)10(16-4-6)3-11-9(15)2-7(13)5-17-11/h1-2,4-5H,3H2. The van der Waals surface area contributed by atoms with Gasteiger partial charge in [0.05, 0.1) is 31.5 Å². The summed E-state index contributed by atoms with van der Waals surface area (Å²) in [7, 11) is 0. The Morgan fingerprint density at radius 3 is 1.53 bits per heavy atom. The molecular weight excluding hydrogens is 302 g/mol. The first-order valence-electron chi connectivity index (χ1n) is 4.66. The SMILES string of the molecule is Clc1cnc(Cc2ncc(Cl)cc2Cl)c(Cl)c1. The third-order valence-corrected chi connectivity index (χ3v) is 3.17. The average Bonchev–Trinajstić information content (AvgIpc) is 2.25. The van der Waals surface area contributed by atoms with E-state index in [1.54, 1.807) is 12.1 Å². The first-order valence-corrected chi connectivity index (χ1v) is 6.17. The molecule has 0 saturated heterocycles. The van der Waals surface area contributed by atoms with E-state index >= 15 is 0 Å². The van der Waals surface area contributed by atoms with Crippen LogP contribution in [0.25, 0.3) is 0 Å². The second-order valence-corrected chi connectivity index (χ2v) is 5.03. The topological polar surface area (TPSA) is 25.8 Å². The van der Waals surface area contributed by atoms with Crippen LogP contribution in [-0.2, 0) is 6.42 Å². The summed E-state index contributed by atoms with van der Waals surface area (Å²) in [5.74, 6) is 0. The summed E-state index contributed by atoms with van der Waals surface area (Å²) in [5.41, 5.74) is 1.35. The first-order chi connectivity index (χ1) is 8.06. The molecule has 0 atom stereocenters. The van der Waals surface area contributed by atoms with E-state index in [-0.39, 0.29) is 0 Å². The highest BCUT2D eigenvalue weighted by Gasteiger charge is 2.09. The molecule has 0 spiro atoms. The summed E-state index contributed by atoms with van der Waals surface area (Å²) < 4.78 is 0. The van der Waals surface area contributed by atoms with Gasteiger partial charge in [0.15, 0.2) is 0 Å². The fraction of sp³-hybridized carbons (Fsp3) is 0.0909. The fourth-order valence-electron chi connectivity index (χ4n) is 1.30.